The molecule has 1 N–H and O–H groups in total. The fraction of sp³-hybridized carbons (Fsp3) is 0.458. The molecule has 4 saturated carbocycles. The van der Waals surface area contributed by atoms with Gasteiger partial charge in [-0.05, 0) is 67.9 Å². The van der Waals surface area contributed by atoms with Crippen molar-refractivity contribution in [1.29, 1.82) is 0 Å². The Balaban J connectivity index is 1.26. The summed E-state index contributed by atoms with van der Waals surface area (Å²) in [4.78, 5) is 24.4. The van der Waals surface area contributed by atoms with Gasteiger partial charge < -0.3 is 5.32 Å². The van der Waals surface area contributed by atoms with E-state index in [0.29, 0.717) is 29.3 Å². The van der Waals surface area contributed by atoms with Crippen LogP contribution in [0.2, 0.25) is 10.0 Å². The maximum absolute atomic E-state index is 13.1. The summed E-state index contributed by atoms with van der Waals surface area (Å²) in [7, 11) is 0. The first-order valence-corrected chi connectivity index (χ1v) is 12.6. The van der Waals surface area contributed by atoms with E-state index in [2.05, 4.69) is 15.5 Å². The van der Waals surface area contributed by atoms with Crippen LogP contribution in [0.3, 0.4) is 0 Å². The molecular weight excluding hydrogens is 491 g/mol. The van der Waals surface area contributed by atoms with Crippen LogP contribution in [-0.4, -0.2) is 30.4 Å². The van der Waals surface area contributed by atoms with Gasteiger partial charge in [0.15, 0.2) is 5.82 Å². The number of aromatic nitrogens is 4. The zero-order valence-electron chi connectivity index (χ0n) is 18.9. The highest BCUT2D eigenvalue weighted by atomic mass is 35.5. The maximum atomic E-state index is 13.1. The predicted molar refractivity (Wildman–Crippen MR) is 131 cm³/mol. The molecule has 4 bridgehead atoms. The van der Waals surface area contributed by atoms with Crippen LogP contribution >= 0.6 is 23.2 Å². The average Bonchev–Trinajstić information content (AvgIpc) is 3.39. The summed E-state index contributed by atoms with van der Waals surface area (Å²) in [6.45, 7) is 0.357. The van der Waals surface area contributed by atoms with Gasteiger partial charge in [-0.25, -0.2) is 0 Å². The van der Waals surface area contributed by atoms with Crippen molar-refractivity contribution in [2.45, 2.75) is 50.6 Å². The van der Waals surface area contributed by atoms with Crippen LogP contribution in [0.4, 0.5) is 11.5 Å². The van der Waals surface area contributed by atoms with Crippen LogP contribution in [0.25, 0.3) is 0 Å². The Kier molecular flexibility index (Phi) is 5.37. The average molecular weight is 515 g/mol. The lowest BCUT2D eigenvalue weighted by atomic mass is 9.53. The van der Waals surface area contributed by atoms with Crippen molar-refractivity contribution < 1.29 is 9.72 Å². The number of amides is 1. The second kappa shape index (κ2) is 8.34. The summed E-state index contributed by atoms with van der Waals surface area (Å²) in [5, 5.41) is 24.1. The molecular formula is C24H24Cl2N6O3. The monoisotopic (exact) mass is 514 g/mol. The quantitative estimate of drug-likeness (QED) is 0.344. The summed E-state index contributed by atoms with van der Waals surface area (Å²) in [6, 6.07) is 7.36. The smallest absolute Gasteiger partial charge is 0.302 e. The van der Waals surface area contributed by atoms with Crippen LogP contribution in [0.15, 0.2) is 36.7 Å². The minimum atomic E-state index is -0.704. The van der Waals surface area contributed by atoms with Crippen molar-refractivity contribution in [2.24, 2.45) is 17.8 Å². The van der Waals surface area contributed by atoms with Crippen molar-refractivity contribution in [1.82, 2.24) is 19.6 Å². The van der Waals surface area contributed by atoms with Crippen LogP contribution in [0.1, 0.15) is 54.6 Å². The third-order valence-electron chi connectivity index (χ3n) is 7.84. The van der Waals surface area contributed by atoms with Gasteiger partial charge in [0.05, 0.1) is 17.0 Å². The fourth-order valence-corrected chi connectivity index (χ4v) is 7.17. The van der Waals surface area contributed by atoms with Gasteiger partial charge in [-0.1, -0.05) is 41.4 Å². The molecule has 0 spiro atoms. The number of hydrogen-bond acceptors (Lipinski definition) is 5. The topological polar surface area (TPSA) is 108 Å². The summed E-state index contributed by atoms with van der Waals surface area (Å²) < 4.78 is 3.28. The molecule has 2 heterocycles. The number of rotatable bonds is 6. The molecule has 4 aliphatic rings. The first kappa shape index (κ1) is 22.5. The number of hydrogen-bond donors (Lipinski definition) is 1. The second-order valence-corrected chi connectivity index (χ2v) is 11.1. The van der Waals surface area contributed by atoms with E-state index in [0.717, 1.165) is 24.8 Å². The standard InChI is InChI=1S/C24H24Cl2N6O3/c25-18-4-2-1-3-17(18)11-30-12-19(26)22(29-30)27-23(33)21-20(32(34)35)13-31(28-21)24-8-14-5-15(9-24)7-16(6-14)10-24/h1-4,12-16H,5-11H2,(H,27,29,33). The fourth-order valence-electron chi connectivity index (χ4n) is 6.78. The van der Waals surface area contributed by atoms with Crippen LogP contribution < -0.4 is 5.32 Å². The predicted octanol–water partition coefficient (Wildman–Crippen LogP) is 5.52. The van der Waals surface area contributed by atoms with Gasteiger partial charge in [-0.15, -0.1) is 0 Å². The summed E-state index contributed by atoms with van der Waals surface area (Å²) in [5.74, 6) is 1.33. The van der Waals surface area contributed by atoms with Crippen LogP contribution in [0, 0.1) is 27.9 Å². The molecule has 7 rings (SSSR count). The maximum Gasteiger partial charge on any atom is 0.320 e. The Labute approximate surface area is 211 Å². The van der Waals surface area contributed by atoms with E-state index in [1.54, 1.807) is 21.6 Å². The molecule has 0 unspecified atom stereocenters. The highest BCUT2D eigenvalue weighted by Crippen LogP contribution is 2.58. The molecule has 9 nitrogen and oxygen atoms in total. The number of nitrogens with one attached hydrogen (secondary N) is 1. The highest BCUT2D eigenvalue weighted by Gasteiger charge is 2.53. The molecule has 4 fully saturated rings. The normalized spacial score (nSPS) is 26.7. The van der Waals surface area contributed by atoms with Crippen molar-refractivity contribution in [3.05, 3.63) is 68.1 Å². The number of nitrogens with zero attached hydrogens (tertiary/aromatic N) is 5. The lowest BCUT2D eigenvalue weighted by molar-refractivity contribution is -0.385. The molecule has 0 atom stereocenters. The molecule has 3 aromatic rings. The van der Waals surface area contributed by atoms with Gasteiger partial charge in [0.2, 0.25) is 5.69 Å². The van der Waals surface area contributed by atoms with E-state index in [-0.39, 0.29) is 27.8 Å². The highest BCUT2D eigenvalue weighted by molar-refractivity contribution is 6.33. The molecule has 0 saturated heterocycles. The van der Waals surface area contributed by atoms with Gasteiger partial charge in [-0.3, -0.25) is 24.3 Å². The lowest BCUT2D eigenvalue weighted by Crippen LogP contribution is -2.52. The van der Waals surface area contributed by atoms with Crippen LogP contribution in [-0.2, 0) is 12.1 Å². The third-order valence-corrected chi connectivity index (χ3v) is 8.48. The summed E-state index contributed by atoms with van der Waals surface area (Å²) in [6.07, 6.45) is 9.65. The molecule has 11 heteroatoms. The minimum Gasteiger partial charge on any atom is -0.302 e. The molecule has 0 radical (unpaired) electrons. The van der Waals surface area contributed by atoms with Crippen molar-refractivity contribution >= 4 is 40.6 Å². The molecule has 2 aromatic heterocycles. The van der Waals surface area contributed by atoms with E-state index < -0.39 is 10.8 Å². The van der Waals surface area contributed by atoms with Gasteiger partial charge in [0.25, 0.3) is 5.91 Å². The number of halogens is 2. The van der Waals surface area contributed by atoms with Gasteiger partial charge in [-0.2, -0.15) is 10.2 Å². The number of carbonyl (C=O) groups excluding carboxylic acids is 1. The Hall–Kier alpha value is -2.91. The molecule has 1 amide bonds. The molecule has 35 heavy (non-hydrogen) atoms. The molecule has 1 aromatic carbocycles. The number of benzene rings is 1. The van der Waals surface area contributed by atoms with Crippen molar-refractivity contribution in [2.75, 3.05) is 5.32 Å². The Bertz CT molecular complexity index is 1300. The first-order valence-electron chi connectivity index (χ1n) is 11.8. The largest absolute Gasteiger partial charge is 0.320 e. The van der Waals surface area contributed by atoms with E-state index in [4.69, 9.17) is 23.2 Å². The Morgan fingerprint density at radius 1 is 1.06 bits per heavy atom. The minimum absolute atomic E-state index is 0.113. The summed E-state index contributed by atoms with van der Waals surface area (Å²) >= 11 is 12.5. The zero-order chi connectivity index (χ0) is 24.3. The van der Waals surface area contributed by atoms with E-state index in [9.17, 15) is 14.9 Å². The molecule has 182 valence electrons. The lowest BCUT2D eigenvalue weighted by Gasteiger charge is -2.56. The molecule has 0 aliphatic heterocycles. The zero-order valence-corrected chi connectivity index (χ0v) is 20.4. The summed E-state index contributed by atoms with van der Waals surface area (Å²) in [5.41, 5.74) is 0.0927. The van der Waals surface area contributed by atoms with Crippen LogP contribution in [0.5, 0.6) is 0 Å². The van der Waals surface area contributed by atoms with Gasteiger partial charge >= 0.3 is 5.69 Å². The van der Waals surface area contributed by atoms with Crippen molar-refractivity contribution in [3.8, 4) is 0 Å². The van der Waals surface area contributed by atoms with Gasteiger partial charge in [0, 0.05) is 11.2 Å². The second-order valence-electron chi connectivity index (χ2n) is 10.3. The molecule has 4 aliphatic carbocycles. The van der Waals surface area contributed by atoms with E-state index in [1.165, 1.54) is 25.5 Å². The Morgan fingerprint density at radius 2 is 1.71 bits per heavy atom. The first-order chi connectivity index (χ1) is 16.8. The van der Waals surface area contributed by atoms with Gasteiger partial charge in [0.1, 0.15) is 11.2 Å². The number of nitro groups is 1. The van der Waals surface area contributed by atoms with Crippen molar-refractivity contribution in [3.63, 3.8) is 0 Å². The third kappa shape index (κ3) is 4.00. The van der Waals surface area contributed by atoms with E-state index >= 15 is 0 Å². The SMILES string of the molecule is O=C(Nc1nn(Cc2ccccc2Cl)cc1Cl)c1nn(C23CC4CC(CC(C4)C2)C3)cc1[N+](=O)[O-]. The Morgan fingerprint density at radius 3 is 2.34 bits per heavy atom. The van der Waals surface area contributed by atoms with E-state index in [1.807, 2.05) is 18.2 Å². The number of anilines is 1. The number of carbonyl (C=O) groups is 1.